The van der Waals surface area contributed by atoms with Gasteiger partial charge in [0.1, 0.15) is 11.6 Å². The molecule has 0 aliphatic rings. The van der Waals surface area contributed by atoms with E-state index in [0.717, 1.165) is 0 Å². The Morgan fingerprint density at radius 3 is 2.47 bits per heavy atom. The summed E-state index contributed by atoms with van der Waals surface area (Å²) in [5.41, 5.74) is 6.55. The number of hydrogen-bond donors (Lipinski definition) is 2. The molecule has 0 unspecified atom stereocenters. The molecule has 0 bridgehead atoms. The van der Waals surface area contributed by atoms with Crippen LogP contribution in [0.25, 0.3) is 5.69 Å². The number of aromatic carboxylic acids is 1. The van der Waals surface area contributed by atoms with E-state index in [0.29, 0.717) is 11.3 Å². The van der Waals surface area contributed by atoms with Crippen LogP contribution in [0.4, 0.5) is 10.2 Å². The Hall–Kier alpha value is -2.37. The zero-order valence-electron chi connectivity index (χ0n) is 9.01. The van der Waals surface area contributed by atoms with Gasteiger partial charge in [0.05, 0.1) is 5.69 Å². The number of carboxylic acids is 1. The van der Waals surface area contributed by atoms with E-state index < -0.39 is 5.97 Å². The normalized spacial score (nSPS) is 10.5. The second-order valence-corrected chi connectivity index (χ2v) is 3.55. The topological polar surface area (TPSA) is 81.1 Å². The lowest BCUT2D eigenvalue weighted by Gasteiger charge is -2.03. The van der Waals surface area contributed by atoms with Crippen LogP contribution in [-0.4, -0.2) is 20.9 Å². The Balaban J connectivity index is 2.56. The smallest absolute Gasteiger partial charge is 0.356 e. The van der Waals surface area contributed by atoms with E-state index in [-0.39, 0.29) is 17.3 Å². The molecule has 0 aliphatic carbocycles. The molecule has 0 saturated heterocycles. The molecule has 2 aromatic rings. The van der Waals surface area contributed by atoms with E-state index >= 15 is 0 Å². The molecule has 0 aliphatic heterocycles. The van der Waals surface area contributed by atoms with E-state index in [1.807, 2.05) is 0 Å². The van der Waals surface area contributed by atoms with Crippen LogP contribution in [0, 0.1) is 12.7 Å². The van der Waals surface area contributed by atoms with Gasteiger partial charge >= 0.3 is 5.97 Å². The number of hydrogen-bond acceptors (Lipinski definition) is 3. The Labute approximate surface area is 96.3 Å². The molecule has 17 heavy (non-hydrogen) atoms. The van der Waals surface area contributed by atoms with Gasteiger partial charge in [-0.25, -0.2) is 13.9 Å². The molecule has 2 rings (SSSR count). The van der Waals surface area contributed by atoms with E-state index in [1.165, 1.54) is 28.9 Å². The Morgan fingerprint density at radius 1 is 1.41 bits per heavy atom. The lowest BCUT2D eigenvalue weighted by molar-refractivity contribution is 0.0689. The molecule has 5 nitrogen and oxygen atoms in total. The van der Waals surface area contributed by atoms with Gasteiger partial charge in [0.2, 0.25) is 0 Å². The molecule has 1 heterocycles. The van der Waals surface area contributed by atoms with Crippen LogP contribution in [0.15, 0.2) is 24.3 Å². The predicted molar refractivity (Wildman–Crippen MR) is 59.6 cm³/mol. The van der Waals surface area contributed by atoms with Crippen LogP contribution in [0.2, 0.25) is 0 Å². The number of rotatable bonds is 2. The maximum Gasteiger partial charge on any atom is 0.356 e. The average Bonchev–Trinajstić information content (AvgIpc) is 2.58. The lowest BCUT2D eigenvalue weighted by atomic mass is 10.2. The van der Waals surface area contributed by atoms with Crippen LogP contribution in [-0.2, 0) is 0 Å². The van der Waals surface area contributed by atoms with Crippen molar-refractivity contribution >= 4 is 11.8 Å². The summed E-state index contributed by atoms with van der Waals surface area (Å²) < 4.78 is 14.0. The van der Waals surface area contributed by atoms with Gasteiger partial charge in [0.15, 0.2) is 5.69 Å². The Morgan fingerprint density at radius 2 is 2.00 bits per heavy atom. The third-order valence-electron chi connectivity index (χ3n) is 2.44. The van der Waals surface area contributed by atoms with Crippen molar-refractivity contribution in [2.24, 2.45) is 0 Å². The quantitative estimate of drug-likeness (QED) is 0.828. The second-order valence-electron chi connectivity index (χ2n) is 3.55. The maximum atomic E-state index is 12.8. The number of benzene rings is 1. The molecular formula is C11H10FN3O2. The monoisotopic (exact) mass is 235 g/mol. The average molecular weight is 235 g/mol. The molecule has 0 spiro atoms. The largest absolute Gasteiger partial charge is 0.476 e. The van der Waals surface area contributed by atoms with E-state index in [2.05, 4.69) is 5.10 Å². The Kier molecular flexibility index (Phi) is 2.55. The van der Waals surface area contributed by atoms with E-state index in [4.69, 9.17) is 10.8 Å². The van der Waals surface area contributed by atoms with Crippen LogP contribution < -0.4 is 5.73 Å². The number of aromatic nitrogens is 2. The molecule has 1 aromatic heterocycles. The number of nitrogen functional groups attached to an aromatic ring is 1. The molecule has 0 amide bonds. The molecule has 88 valence electrons. The summed E-state index contributed by atoms with van der Waals surface area (Å²) in [6, 6.07) is 5.46. The maximum absolute atomic E-state index is 12.8. The summed E-state index contributed by atoms with van der Waals surface area (Å²) in [5.74, 6) is -1.29. The highest BCUT2D eigenvalue weighted by Crippen LogP contribution is 2.20. The van der Waals surface area contributed by atoms with Crippen molar-refractivity contribution in [1.82, 2.24) is 9.78 Å². The summed E-state index contributed by atoms with van der Waals surface area (Å²) in [5, 5.41) is 12.8. The first-order valence-electron chi connectivity index (χ1n) is 4.85. The van der Waals surface area contributed by atoms with Crippen molar-refractivity contribution in [1.29, 1.82) is 0 Å². The fourth-order valence-corrected chi connectivity index (χ4v) is 1.49. The summed E-state index contributed by atoms with van der Waals surface area (Å²) in [7, 11) is 0. The number of carboxylic acid groups (broad SMARTS) is 1. The van der Waals surface area contributed by atoms with Crippen molar-refractivity contribution in [2.75, 3.05) is 5.73 Å². The van der Waals surface area contributed by atoms with E-state index in [9.17, 15) is 9.18 Å². The van der Waals surface area contributed by atoms with E-state index in [1.54, 1.807) is 6.92 Å². The highest BCUT2D eigenvalue weighted by molar-refractivity contribution is 5.88. The molecule has 1 aromatic carbocycles. The number of halogens is 1. The van der Waals surface area contributed by atoms with Crippen LogP contribution in [0.5, 0.6) is 0 Å². The summed E-state index contributed by atoms with van der Waals surface area (Å²) in [6.07, 6.45) is 0. The molecule has 6 heteroatoms. The minimum absolute atomic E-state index is 0.105. The van der Waals surface area contributed by atoms with Crippen molar-refractivity contribution in [3.8, 4) is 5.69 Å². The molecule has 0 atom stereocenters. The molecule has 3 N–H and O–H groups in total. The predicted octanol–water partition coefficient (Wildman–Crippen LogP) is 1.60. The first-order chi connectivity index (χ1) is 8.00. The molecular weight excluding hydrogens is 225 g/mol. The number of nitrogens with two attached hydrogens (primary N) is 1. The first-order valence-corrected chi connectivity index (χ1v) is 4.85. The summed E-state index contributed by atoms with van der Waals surface area (Å²) in [4.78, 5) is 10.9. The Bertz CT molecular complexity index is 575. The number of nitrogens with zero attached hydrogens (tertiary/aromatic N) is 2. The van der Waals surface area contributed by atoms with Gasteiger partial charge in [0, 0.05) is 5.56 Å². The fraction of sp³-hybridized carbons (Fsp3) is 0.0909. The fourth-order valence-electron chi connectivity index (χ4n) is 1.49. The minimum atomic E-state index is -1.14. The lowest BCUT2D eigenvalue weighted by Crippen LogP contribution is -2.03. The third-order valence-corrected chi connectivity index (χ3v) is 2.44. The van der Waals surface area contributed by atoms with Gasteiger partial charge in [-0.15, -0.1) is 0 Å². The van der Waals surface area contributed by atoms with Gasteiger partial charge in [0.25, 0.3) is 0 Å². The van der Waals surface area contributed by atoms with Crippen LogP contribution in [0.1, 0.15) is 16.1 Å². The molecule has 0 saturated carbocycles. The zero-order valence-corrected chi connectivity index (χ0v) is 9.01. The van der Waals surface area contributed by atoms with Gasteiger partial charge in [-0.1, -0.05) is 0 Å². The van der Waals surface area contributed by atoms with Crippen molar-refractivity contribution in [3.63, 3.8) is 0 Å². The van der Waals surface area contributed by atoms with Crippen molar-refractivity contribution in [2.45, 2.75) is 6.92 Å². The van der Waals surface area contributed by atoms with Gasteiger partial charge in [-0.2, -0.15) is 5.10 Å². The van der Waals surface area contributed by atoms with Gasteiger partial charge in [-0.05, 0) is 31.2 Å². The highest BCUT2D eigenvalue weighted by atomic mass is 19.1. The van der Waals surface area contributed by atoms with Crippen LogP contribution in [0.3, 0.4) is 0 Å². The van der Waals surface area contributed by atoms with Crippen molar-refractivity contribution < 1.29 is 14.3 Å². The molecule has 0 radical (unpaired) electrons. The van der Waals surface area contributed by atoms with Crippen LogP contribution >= 0.6 is 0 Å². The van der Waals surface area contributed by atoms with Gasteiger partial charge in [-0.3, -0.25) is 0 Å². The standard InChI is InChI=1S/C11H10FN3O2/c1-6-9(11(16)17)14-15(10(6)13)8-4-2-7(12)3-5-8/h2-5H,13H2,1H3,(H,16,17). The zero-order chi connectivity index (χ0) is 12.6. The summed E-state index contributed by atoms with van der Waals surface area (Å²) >= 11 is 0. The SMILES string of the molecule is Cc1c(C(=O)O)nn(-c2ccc(F)cc2)c1N. The molecule has 0 fully saturated rings. The minimum Gasteiger partial charge on any atom is -0.476 e. The number of anilines is 1. The first kappa shape index (κ1) is 11.1. The third kappa shape index (κ3) is 1.84. The highest BCUT2D eigenvalue weighted by Gasteiger charge is 2.18. The van der Waals surface area contributed by atoms with Crippen molar-refractivity contribution in [3.05, 3.63) is 41.3 Å². The summed E-state index contributed by atoms with van der Waals surface area (Å²) in [6.45, 7) is 1.58. The second kappa shape index (κ2) is 3.89. The van der Waals surface area contributed by atoms with Gasteiger partial charge < -0.3 is 10.8 Å². The number of carbonyl (C=O) groups is 1.